The minimum absolute atomic E-state index is 0.0708. The Morgan fingerprint density at radius 2 is 1.02 bits per heavy atom. The Kier molecular flexibility index (Phi) is 12.9. The summed E-state index contributed by atoms with van der Waals surface area (Å²) in [7, 11) is 0. The molecule has 2 rings (SSSR count). The maximum absolute atomic E-state index is 12.3. The molecular formula is C30H52N2O11. The van der Waals surface area contributed by atoms with E-state index in [9.17, 15) is 29.1 Å². The van der Waals surface area contributed by atoms with E-state index in [1.165, 1.54) is 9.80 Å². The number of carbonyl (C=O) groups is 5. The standard InChI is InChI=1S/C15H25NO6.C15H27NO5/c1-14(2,3)21-12(18)11-7-10(20-9-17)8-16(11)13(19)22-15(4,5)6;1-14(2,3)20-12(18)11-7-10(9-17)8-16(11)13(19)21-15(4,5)6/h9-11H,7-8H2,1-6H3;10-11,17H,7-9H2,1-6H3. The van der Waals surface area contributed by atoms with E-state index in [0.29, 0.717) is 19.4 Å². The molecule has 2 amide bonds. The van der Waals surface area contributed by atoms with Crippen molar-refractivity contribution in [1.29, 1.82) is 0 Å². The number of aliphatic hydroxyl groups excluding tert-OH is 1. The molecule has 248 valence electrons. The molecule has 0 spiro atoms. The maximum Gasteiger partial charge on any atom is 0.411 e. The van der Waals surface area contributed by atoms with Gasteiger partial charge >= 0.3 is 24.1 Å². The molecule has 2 heterocycles. The molecule has 4 unspecified atom stereocenters. The lowest BCUT2D eigenvalue weighted by molar-refractivity contribution is -0.161. The Morgan fingerprint density at radius 3 is 1.37 bits per heavy atom. The summed E-state index contributed by atoms with van der Waals surface area (Å²) in [6, 6.07) is -1.52. The van der Waals surface area contributed by atoms with E-state index in [1.807, 2.05) is 0 Å². The quantitative estimate of drug-likeness (QED) is 0.272. The normalized spacial score (nSPS) is 22.6. The van der Waals surface area contributed by atoms with Crippen LogP contribution in [0.1, 0.15) is 95.9 Å². The molecule has 13 heteroatoms. The highest BCUT2D eigenvalue weighted by molar-refractivity contribution is 5.83. The summed E-state index contributed by atoms with van der Waals surface area (Å²) in [4.78, 5) is 62.1. The molecular weight excluding hydrogens is 564 g/mol. The highest BCUT2D eigenvalue weighted by Crippen LogP contribution is 2.28. The van der Waals surface area contributed by atoms with Gasteiger partial charge in [0.05, 0.1) is 6.54 Å². The van der Waals surface area contributed by atoms with Crippen LogP contribution in [0.4, 0.5) is 9.59 Å². The second-order valence-electron chi connectivity index (χ2n) is 14.7. The topological polar surface area (TPSA) is 158 Å². The number of carbonyl (C=O) groups excluding carboxylic acids is 5. The molecule has 2 fully saturated rings. The fourth-order valence-electron chi connectivity index (χ4n) is 4.26. The zero-order valence-electron chi connectivity index (χ0n) is 27.8. The fourth-order valence-corrected chi connectivity index (χ4v) is 4.26. The molecule has 0 saturated carbocycles. The number of hydrogen-bond donors (Lipinski definition) is 1. The van der Waals surface area contributed by atoms with Gasteiger partial charge in [0.2, 0.25) is 0 Å². The molecule has 0 aromatic heterocycles. The first kappa shape index (κ1) is 37.9. The smallest absolute Gasteiger partial charge is 0.411 e. The third-order valence-electron chi connectivity index (χ3n) is 5.77. The average Bonchev–Trinajstić information content (AvgIpc) is 3.40. The molecule has 0 radical (unpaired) electrons. The van der Waals surface area contributed by atoms with Crippen molar-refractivity contribution in [2.45, 2.75) is 137 Å². The Bertz CT molecular complexity index is 914. The summed E-state index contributed by atoms with van der Waals surface area (Å²) in [6.07, 6.45) is -1.12. The Labute approximate surface area is 255 Å². The lowest BCUT2D eigenvalue weighted by atomic mass is 10.1. The average molecular weight is 617 g/mol. The number of hydrogen-bond acceptors (Lipinski definition) is 11. The highest BCUT2D eigenvalue weighted by Gasteiger charge is 2.45. The maximum atomic E-state index is 12.3. The monoisotopic (exact) mass is 616 g/mol. The molecule has 4 atom stereocenters. The first-order valence-corrected chi connectivity index (χ1v) is 14.5. The van der Waals surface area contributed by atoms with Crippen LogP contribution in [0.15, 0.2) is 0 Å². The van der Waals surface area contributed by atoms with Crippen LogP contribution in [0.25, 0.3) is 0 Å². The van der Waals surface area contributed by atoms with E-state index in [4.69, 9.17) is 23.7 Å². The van der Waals surface area contributed by atoms with Crippen LogP contribution < -0.4 is 0 Å². The van der Waals surface area contributed by atoms with Crippen molar-refractivity contribution < 1.29 is 52.8 Å². The van der Waals surface area contributed by atoms with Crippen LogP contribution in [0.5, 0.6) is 0 Å². The minimum Gasteiger partial charge on any atom is -0.463 e. The molecule has 13 nitrogen and oxygen atoms in total. The van der Waals surface area contributed by atoms with Gasteiger partial charge in [-0.1, -0.05) is 0 Å². The molecule has 0 bridgehead atoms. The summed E-state index contributed by atoms with van der Waals surface area (Å²) in [5.74, 6) is -1.12. The second kappa shape index (κ2) is 14.6. The lowest BCUT2D eigenvalue weighted by Gasteiger charge is -2.29. The number of ether oxygens (including phenoxy) is 5. The molecule has 2 saturated heterocycles. The molecule has 1 N–H and O–H groups in total. The number of esters is 2. The molecule has 0 aromatic carbocycles. The number of likely N-dealkylation sites (tertiary alicyclic amines) is 2. The first-order valence-electron chi connectivity index (χ1n) is 14.5. The van der Waals surface area contributed by atoms with Crippen molar-refractivity contribution in [3.63, 3.8) is 0 Å². The lowest BCUT2D eigenvalue weighted by Crippen LogP contribution is -2.45. The van der Waals surface area contributed by atoms with Crippen LogP contribution in [0.2, 0.25) is 0 Å². The van der Waals surface area contributed by atoms with E-state index in [1.54, 1.807) is 83.1 Å². The van der Waals surface area contributed by atoms with Crippen LogP contribution in [-0.4, -0.2) is 106 Å². The van der Waals surface area contributed by atoms with Crippen LogP contribution in [0.3, 0.4) is 0 Å². The predicted molar refractivity (Wildman–Crippen MR) is 156 cm³/mol. The van der Waals surface area contributed by atoms with Gasteiger partial charge < -0.3 is 28.8 Å². The summed E-state index contributed by atoms with van der Waals surface area (Å²) < 4.78 is 26.2. The Hall–Kier alpha value is -3.09. The van der Waals surface area contributed by atoms with Crippen molar-refractivity contribution >= 4 is 30.6 Å². The molecule has 0 aliphatic carbocycles. The molecule has 0 aromatic rings. The highest BCUT2D eigenvalue weighted by atomic mass is 16.6. The Morgan fingerprint density at radius 1 is 0.651 bits per heavy atom. The van der Waals surface area contributed by atoms with Gasteiger partial charge in [-0.15, -0.1) is 0 Å². The van der Waals surface area contributed by atoms with Crippen molar-refractivity contribution in [3.05, 3.63) is 0 Å². The van der Waals surface area contributed by atoms with Crippen LogP contribution in [-0.2, 0) is 38.1 Å². The first-order chi connectivity index (χ1) is 19.4. The third kappa shape index (κ3) is 13.8. The molecule has 2 aliphatic heterocycles. The second-order valence-corrected chi connectivity index (χ2v) is 14.7. The van der Waals surface area contributed by atoms with Gasteiger partial charge in [0.25, 0.3) is 6.47 Å². The SMILES string of the molecule is CC(C)(C)OC(=O)C1CC(CO)CN1C(=O)OC(C)(C)C.CC(C)(C)OC(=O)C1CC(OC=O)CN1C(=O)OC(C)(C)C. The summed E-state index contributed by atoms with van der Waals surface area (Å²) >= 11 is 0. The van der Waals surface area contributed by atoms with E-state index < -0.39 is 64.7 Å². The number of amides is 2. The molecule has 43 heavy (non-hydrogen) atoms. The predicted octanol–water partition coefficient (Wildman–Crippen LogP) is 3.83. The van der Waals surface area contributed by atoms with Crippen LogP contribution in [0, 0.1) is 5.92 Å². The van der Waals surface area contributed by atoms with E-state index in [-0.39, 0.29) is 25.5 Å². The zero-order valence-corrected chi connectivity index (χ0v) is 27.8. The number of rotatable bonds is 5. The van der Waals surface area contributed by atoms with Gasteiger partial charge in [0.15, 0.2) is 0 Å². The number of nitrogens with zero attached hydrogens (tertiary/aromatic N) is 2. The van der Waals surface area contributed by atoms with Crippen molar-refractivity contribution in [3.8, 4) is 0 Å². The molecule has 2 aliphatic rings. The van der Waals surface area contributed by atoms with E-state index >= 15 is 0 Å². The van der Waals surface area contributed by atoms with Crippen LogP contribution >= 0.6 is 0 Å². The van der Waals surface area contributed by atoms with Gasteiger partial charge in [0, 0.05) is 25.5 Å². The van der Waals surface area contributed by atoms with Crippen molar-refractivity contribution in [1.82, 2.24) is 9.80 Å². The van der Waals surface area contributed by atoms with Gasteiger partial charge in [-0.3, -0.25) is 14.6 Å². The largest absolute Gasteiger partial charge is 0.463 e. The van der Waals surface area contributed by atoms with Gasteiger partial charge in [0.1, 0.15) is 40.6 Å². The van der Waals surface area contributed by atoms with Gasteiger partial charge in [-0.2, -0.15) is 0 Å². The van der Waals surface area contributed by atoms with Crippen molar-refractivity contribution in [2.75, 3.05) is 19.7 Å². The van der Waals surface area contributed by atoms with E-state index in [0.717, 1.165) is 0 Å². The summed E-state index contributed by atoms with van der Waals surface area (Å²) in [5, 5.41) is 9.30. The Balaban J connectivity index is 0.000000430. The minimum atomic E-state index is -0.820. The van der Waals surface area contributed by atoms with Gasteiger partial charge in [-0.05, 0) is 89.5 Å². The number of aliphatic hydroxyl groups is 1. The van der Waals surface area contributed by atoms with Gasteiger partial charge in [-0.25, -0.2) is 19.2 Å². The fraction of sp³-hybridized carbons (Fsp3) is 0.833. The van der Waals surface area contributed by atoms with Crippen molar-refractivity contribution in [2.24, 2.45) is 5.92 Å². The summed E-state index contributed by atoms with van der Waals surface area (Å²) in [5.41, 5.74) is -2.60. The third-order valence-corrected chi connectivity index (χ3v) is 5.77. The summed E-state index contributed by atoms with van der Waals surface area (Å²) in [6.45, 7) is 21.8. The zero-order chi connectivity index (χ0) is 33.6. The van der Waals surface area contributed by atoms with E-state index in [2.05, 4.69) is 0 Å².